The Morgan fingerprint density at radius 3 is 2.83 bits per heavy atom. The zero-order valence-corrected chi connectivity index (χ0v) is 8.53. The summed E-state index contributed by atoms with van der Waals surface area (Å²) < 4.78 is 4.90. The van der Waals surface area contributed by atoms with Crippen LogP contribution in [0.1, 0.15) is 20.8 Å². The quantitative estimate of drug-likeness (QED) is 0.657. The lowest BCUT2D eigenvalue weighted by Crippen LogP contribution is -2.42. The Bertz CT molecular complexity index is 182. The second kappa shape index (κ2) is 3.66. The van der Waals surface area contributed by atoms with Gasteiger partial charge in [0.05, 0.1) is 11.5 Å². The summed E-state index contributed by atoms with van der Waals surface area (Å²) in [5.41, 5.74) is 0. The number of carbonyl (C=O) groups excluding carboxylic acids is 1. The number of hydrogen-bond donors (Lipinski definition) is 1. The van der Waals surface area contributed by atoms with Gasteiger partial charge in [-0.15, -0.1) is 11.8 Å². The maximum Gasteiger partial charge on any atom is 0.324 e. The number of nitrogens with one attached hydrogen (secondary N) is 1. The van der Waals surface area contributed by atoms with Gasteiger partial charge in [-0.1, -0.05) is 0 Å². The molecule has 0 bridgehead atoms. The molecule has 1 aliphatic rings. The van der Waals surface area contributed by atoms with E-state index >= 15 is 0 Å². The fraction of sp³-hybridized carbons (Fsp3) is 0.875. The topological polar surface area (TPSA) is 38.3 Å². The molecule has 0 unspecified atom stereocenters. The van der Waals surface area contributed by atoms with Crippen molar-refractivity contribution in [3.63, 3.8) is 0 Å². The molecule has 0 aromatic heterocycles. The van der Waals surface area contributed by atoms with Gasteiger partial charge in [-0.3, -0.25) is 10.1 Å². The van der Waals surface area contributed by atoms with Gasteiger partial charge in [0.15, 0.2) is 0 Å². The fourth-order valence-electron chi connectivity index (χ4n) is 1.16. The molecule has 0 aromatic carbocycles. The van der Waals surface area contributed by atoms with E-state index in [0.717, 1.165) is 5.75 Å². The molecule has 1 heterocycles. The van der Waals surface area contributed by atoms with Crippen LogP contribution in [0.15, 0.2) is 0 Å². The van der Waals surface area contributed by atoms with E-state index in [0.29, 0.717) is 6.61 Å². The van der Waals surface area contributed by atoms with Crippen molar-refractivity contribution in [3.05, 3.63) is 0 Å². The van der Waals surface area contributed by atoms with Crippen LogP contribution in [0.4, 0.5) is 0 Å². The molecule has 0 saturated carbocycles. The fourth-order valence-corrected chi connectivity index (χ4v) is 2.19. The lowest BCUT2D eigenvalue weighted by atomic mass is 10.3. The molecule has 4 heteroatoms. The molecule has 1 aliphatic heterocycles. The third kappa shape index (κ3) is 2.38. The highest BCUT2D eigenvalue weighted by molar-refractivity contribution is 8.00. The Labute approximate surface area is 77.2 Å². The second-order valence-electron chi connectivity index (χ2n) is 3.27. The number of hydrogen-bond acceptors (Lipinski definition) is 4. The first-order valence-electron chi connectivity index (χ1n) is 4.13. The molecule has 0 aromatic rings. The maximum atomic E-state index is 11.2. The van der Waals surface area contributed by atoms with Crippen LogP contribution in [0.3, 0.4) is 0 Å². The molecule has 1 N–H and O–H groups in total. The van der Waals surface area contributed by atoms with E-state index in [-0.39, 0.29) is 16.9 Å². The van der Waals surface area contributed by atoms with E-state index in [9.17, 15) is 4.79 Å². The van der Waals surface area contributed by atoms with Gasteiger partial charge in [-0.25, -0.2) is 0 Å². The van der Waals surface area contributed by atoms with Crippen molar-refractivity contribution in [2.75, 3.05) is 12.4 Å². The van der Waals surface area contributed by atoms with Gasteiger partial charge in [0, 0.05) is 5.75 Å². The van der Waals surface area contributed by atoms with Crippen molar-refractivity contribution in [2.45, 2.75) is 31.7 Å². The Kier molecular flexibility index (Phi) is 3.01. The third-order valence-electron chi connectivity index (χ3n) is 1.70. The van der Waals surface area contributed by atoms with Crippen LogP contribution >= 0.6 is 11.8 Å². The van der Waals surface area contributed by atoms with Crippen LogP contribution in [0, 0.1) is 0 Å². The standard InChI is InChI=1S/C8H15NO2S/c1-4-11-7(10)6-5-12-8(2,3)9-6/h6,9H,4-5H2,1-3H3/t6-/m0/s1. The summed E-state index contributed by atoms with van der Waals surface area (Å²) in [7, 11) is 0. The summed E-state index contributed by atoms with van der Waals surface area (Å²) in [5, 5.41) is 3.20. The van der Waals surface area contributed by atoms with Gasteiger partial charge in [0.1, 0.15) is 6.04 Å². The highest BCUT2D eigenvalue weighted by Crippen LogP contribution is 2.29. The van der Waals surface area contributed by atoms with Crippen LogP contribution in [0.25, 0.3) is 0 Å². The molecule has 0 aliphatic carbocycles. The smallest absolute Gasteiger partial charge is 0.324 e. The summed E-state index contributed by atoms with van der Waals surface area (Å²) in [4.78, 5) is 11.2. The summed E-state index contributed by atoms with van der Waals surface area (Å²) in [6.07, 6.45) is 0. The lowest BCUT2D eigenvalue weighted by molar-refractivity contribution is -0.145. The minimum Gasteiger partial charge on any atom is -0.465 e. The number of esters is 1. The Morgan fingerprint density at radius 1 is 1.75 bits per heavy atom. The van der Waals surface area contributed by atoms with Gasteiger partial charge in [0.2, 0.25) is 0 Å². The highest BCUT2D eigenvalue weighted by Gasteiger charge is 2.35. The van der Waals surface area contributed by atoms with Crippen molar-refractivity contribution in [3.8, 4) is 0 Å². The molecule has 3 nitrogen and oxygen atoms in total. The number of ether oxygens (including phenoxy) is 1. The SMILES string of the molecule is CCOC(=O)[C@@H]1CSC(C)(C)N1. The maximum absolute atomic E-state index is 11.2. The van der Waals surface area contributed by atoms with Crippen LogP contribution < -0.4 is 5.32 Å². The normalized spacial score (nSPS) is 27.1. The van der Waals surface area contributed by atoms with Crippen molar-refractivity contribution in [2.24, 2.45) is 0 Å². The molecule has 1 fully saturated rings. The van der Waals surface area contributed by atoms with Crippen molar-refractivity contribution in [1.29, 1.82) is 0 Å². The predicted octanol–water partition coefficient (Wildman–Crippen LogP) is 0.991. The average molecular weight is 189 g/mol. The van der Waals surface area contributed by atoms with Crippen LogP contribution in [0.5, 0.6) is 0 Å². The number of thioether (sulfide) groups is 1. The Balaban J connectivity index is 2.41. The molecule has 1 saturated heterocycles. The van der Waals surface area contributed by atoms with E-state index in [4.69, 9.17) is 4.74 Å². The molecule has 0 amide bonds. The third-order valence-corrected chi connectivity index (χ3v) is 3.04. The minimum atomic E-state index is -0.129. The largest absolute Gasteiger partial charge is 0.465 e. The van der Waals surface area contributed by atoms with E-state index in [1.807, 2.05) is 6.92 Å². The zero-order valence-electron chi connectivity index (χ0n) is 7.72. The molecule has 70 valence electrons. The predicted molar refractivity (Wildman–Crippen MR) is 50.1 cm³/mol. The van der Waals surface area contributed by atoms with Gasteiger partial charge in [0.25, 0.3) is 0 Å². The minimum absolute atomic E-state index is 0.0113. The number of carbonyl (C=O) groups is 1. The highest BCUT2D eigenvalue weighted by atomic mass is 32.2. The van der Waals surface area contributed by atoms with Crippen LogP contribution in [-0.4, -0.2) is 29.2 Å². The number of rotatable bonds is 2. The average Bonchev–Trinajstić information content (AvgIpc) is 2.31. The van der Waals surface area contributed by atoms with E-state index in [1.54, 1.807) is 11.8 Å². The monoisotopic (exact) mass is 189 g/mol. The Morgan fingerprint density at radius 2 is 2.42 bits per heavy atom. The first-order valence-corrected chi connectivity index (χ1v) is 5.12. The van der Waals surface area contributed by atoms with Crippen molar-refractivity contribution >= 4 is 17.7 Å². The first kappa shape index (κ1) is 9.86. The van der Waals surface area contributed by atoms with E-state index in [2.05, 4.69) is 19.2 Å². The van der Waals surface area contributed by atoms with Gasteiger partial charge in [-0.2, -0.15) is 0 Å². The first-order chi connectivity index (χ1) is 5.55. The zero-order chi connectivity index (χ0) is 9.19. The van der Waals surface area contributed by atoms with E-state index < -0.39 is 0 Å². The van der Waals surface area contributed by atoms with Gasteiger partial charge >= 0.3 is 5.97 Å². The molecule has 0 radical (unpaired) electrons. The van der Waals surface area contributed by atoms with Gasteiger partial charge in [-0.05, 0) is 20.8 Å². The second-order valence-corrected chi connectivity index (χ2v) is 4.91. The lowest BCUT2D eigenvalue weighted by Gasteiger charge is -2.17. The molecule has 12 heavy (non-hydrogen) atoms. The van der Waals surface area contributed by atoms with Crippen LogP contribution in [-0.2, 0) is 9.53 Å². The summed E-state index contributed by atoms with van der Waals surface area (Å²) in [6.45, 7) is 6.42. The van der Waals surface area contributed by atoms with Gasteiger partial charge < -0.3 is 4.74 Å². The van der Waals surface area contributed by atoms with E-state index in [1.165, 1.54) is 0 Å². The Hall–Kier alpha value is -0.220. The molecular formula is C8H15NO2S. The molecule has 0 spiro atoms. The van der Waals surface area contributed by atoms with Crippen LogP contribution in [0.2, 0.25) is 0 Å². The van der Waals surface area contributed by atoms with Crippen molar-refractivity contribution in [1.82, 2.24) is 5.32 Å². The molecule has 1 atom stereocenters. The summed E-state index contributed by atoms with van der Waals surface area (Å²) >= 11 is 1.75. The molecule has 1 rings (SSSR count). The summed E-state index contributed by atoms with van der Waals surface area (Å²) in [5.74, 6) is 0.682. The van der Waals surface area contributed by atoms with Crippen molar-refractivity contribution < 1.29 is 9.53 Å². The molecular weight excluding hydrogens is 174 g/mol. The summed E-state index contributed by atoms with van der Waals surface area (Å²) in [6, 6.07) is -0.120.